The van der Waals surface area contributed by atoms with Crippen LogP contribution in [0.2, 0.25) is 0 Å². The predicted octanol–water partition coefficient (Wildman–Crippen LogP) is 3.17. The van der Waals surface area contributed by atoms with Crippen molar-refractivity contribution in [1.29, 1.82) is 0 Å². The summed E-state index contributed by atoms with van der Waals surface area (Å²) in [7, 11) is 0. The third-order valence-corrected chi connectivity index (χ3v) is 4.66. The summed E-state index contributed by atoms with van der Waals surface area (Å²) < 4.78 is 0. The minimum atomic E-state index is -0.179. The largest absolute Gasteiger partial charge is 0.358 e. The highest BCUT2D eigenvalue weighted by Gasteiger charge is 2.36. The van der Waals surface area contributed by atoms with Crippen molar-refractivity contribution in [2.45, 2.75) is 25.8 Å². The highest BCUT2D eigenvalue weighted by atomic mass is 16.2. The second-order valence-corrected chi connectivity index (χ2v) is 6.40. The van der Waals surface area contributed by atoms with E-state index in [4.69, 9.17) is 0 Å². The molecule has 2 aromatic carbocycles. The number of nitrogens with one attached hydrogen (secondary N) is 2. The number of nitrogens with zero attached hydrogens (tertiary/aromatic N) is 1. The van der Waals surface area contributed by atoms with E-state index < -0.39 is 0 Å². The van der Waals surface area contributed by atoms with Crippen molar-refractivity contribution in [2.24, 2.45) is 0 Å². The summed E-state index contributed by atoms with van der Waals surface area (Å²) in [5, 5.41) is 5.84. The molecule has 0 saturated carbocycles. The number of aryl methyl sites for hydroxylation is 1. The van der Waals surface area contributed by atoms with Crippen LogP contribution in [0.5, 0.6) is 0 Å². The van der Waals surface area contributed by atoms with Gasteiger partial charge in [0.25, 0.3) is 5.91 Å². The van der Waals surface area contributed by atoms with E-state index in [0.717, 1.165) is 42.0 Å². The van der Waals surface area contributed by atoms with Gasteiger partial charge < -0.3 is 15.5 Å². The Labute approximate surface area is 140 Å². The molecule has 0 spiro atoms. The summed E-state index contributed by atoms with van der Waals surface area (Å²) in [6.45, 7) is 2.87. The van der Waals surface area contributed by atoms with Gasteiger partial charge in [0.15, 0.2) is 0 Å². The molecule has 2 amide bonds. The second kappa shape index (κ2) is 5.67. The van der Waals surface area contributed by atoms with Gasteiger partial charge in [-0.3, -0.25) is 9.59 Å². The monoisotopic (exact) mass is 321 g/mol. The maximum atomic E-state index is 12.5. The number of anilines is 3. The Morgan fingerprint density at radius 2 is 2.12 bits per heavy atom. The fourth-order valence-electron chi connectivity index (χ4n) is 3.50. The normalized spacial score (nSPS) is 18.6. The van der Waals surface area contributed by atoms with Gasteiger partial charge in [-0.05, 0) is 55.7 Å². The molecule has 2 N–H and O–H groups in total. The van der Waals surface area contributed by atoms with E-state index in [0.29, 0.717) is 5.56 Å². The number of hydrogen-bond donors (Lipinski definition) is 2. The van der Waals surface area contributed by atoms with Crippen LogP contribution in [0.3, 0.4) is 0 Å². The fraction of sp³-hybridized carbons (Fsp3) is 0.263. The first kappa shape index (κ1) is 14.8. The standard InChI is InChI=1S/C19H19N3O2/c1-12-4-2-5-14(10-12)20-18(23)13-7-8-16-15(11-13)21-19(24)17-6-3-9-22(16)17/h2,4-5,7-8,10-11,17H,3,6,9H2,1H3,(H,20,23)(H,21,24)/t17-/m1/s1. The first-order valence-electron chi connectivity index (χ1n) is 8.21. The number of rotatable bonds is 2. The van der Waals surface area contributed by atoms with Crippen molar-refractivity contribution in [1.82, 2.24) is 0 Å². The smallest absolute Gasteiger partial charge is 0.255 e. The molecule has 2 heterocycles. The van der Waals surface area contributed by atoms with Gasteiger partial charge in [-0.15, -0.1) is 0 Å². The van der Waals surface area contributed by atoms with Gasteiger partial charge in [-0.2, -0.15) is 0 Å². The maximum Gasteiger partial charge on any atom is 0.255 e. The molecule has 0 aliphatic carbocycles. The lowest BCUT2D eigenvalue weighted by Crippen LogP contribution is -2.43. The zero-order valence-corrected chi connectivity index (χ0v) is 13.5. The predicted molar refractivity (Wildman–Crippen MR) is 94.6 cm³/mol. The molecule has 24 heavy (non-hydrogen) atoms. The Balaban J connectivity index is 1.60. The van der Waals surface area contributed by atoms with E-state index in [1.54, 1.807) is 6.07 Å². The van der Waals surface area contributed by atoms with E-state index >= 15 is 0 Å². The SMILES string of the molecule is Cc1cccc(NC(=O)c2ccc3c(c2)NC(=O)[C@H]2CCCN32)c1. The molecular weight excluding hydrogens is 302 g/mol. The van der Waals surface area contributed by atoms with E-state index in [2.05, 4.69) is 15.5 Å². The zero-order valence-electron chi connectivity index (χ0n) is 13.5. The van der Waals surface area contributed by atoms with Crippen molar-refractivity contribution >= 4 is 28.9 Å². The van der Waals surface area contributed by atoms with Gasteiger partial charge in [0, 0.05) is 17.8 Å². The van der Waals surface area contributed by atoms with Gasteiger partial charge in [-0.25, -0.2) is 0 Å². The van der Waals surface area contributed by atoms with Crippen molar-refractivity contribution in [3.63, 3.8) is 0 Å². The Morgan fingerprint density at radius 3 is 2.96 bits per heavy atom. The maximum absolute atomic E-state index is 12.5. The van der Waals surface area contributed by atoms with Gasteiger partial charge in [-0.1, -0.05) is 12.1 Å². The Kier molecular flexibility index (Phi) is 3.49. The van der Waals surface area contributed by atoms with Crippen LogP contribution in [-0.2, 0) is 4.79 Å². The molecule has 0 bridgehead atoms. The molecule has 4 rings (SSSR count). The van der Waals surface area contributed by atoms with Gasteiger partial charge in [0.1, 0.15) is 6.04 Å². The lowest BCUT2D eigenvalue weighted by molar-refractivity contribution is -0.117. The lowest BCUT2D eigenvalue weighted by atomic mass is 10.1. The lowest BCUT2D eigenvalue weighted by Gasteiger charge is -2.33. The van der Waals surface area contributed by atoms with Crippen LogP contribution in [0.15, 0.2) is 42.5 Å². The summed E-state index contributed by atoms with van der Waals surface area (Å²) in [5.41, 5.74) is 4.11. The first-order valence-corrected chi connectivity index (χ1v) is 8.21. The molecule has 2 aromatic rings. The molecule has 0 unspecified atom stereocenters. The van der Waals surface area contributed by atoms with E-state index in [1.165, 1.54) is 0 Å². The number of carbonyl (C=O) groups excluding carboxylic acids is 2. The van der Waals surface area contributed by atoms with E-state index in [-0.39, 0.29) is 17.9 Å². The van der Waals surface area contributed by atoms with Crippen LogP contribution in [-0.4, -0.2) is 24.4 Å². The number of benzene rings is 2. The van der Waals surface area contributed by atoms with E-state index in [1.807, 2.05) is 43.3 Å². The van der Waals surface area contributed by atoms with Crippen LogP contribution in [0.4, 0.5) is 17.1 Å². The van der Waals surface area contributed by atoms with Crippen LogP contribution in [0.1, 0.15) is 28.8 Å². The topological polar surface area (TPSA) is 61.4 Å². The number of amides is 2. The molecule has 122 valence electrons. The summed E-state index contributed by atoms with van der Waals surface area (Å²) >= 11 is 0. The van der Waals surface area contributed by atoms with Crippen molar-refractivity contribution < 1.29 is 9.59 Å². The van der Waals surface area contributed by atoms with Gasteiger partial charge in [0.05, 0.1) is 11.4 Å². The van der Waals surface area contributed by atoms with Crippen molar-refractivity contribution in [3.05, 3.63) is 53.6 Å². The number of hydrogen-bond acceptors (Lipinski definition) is 3. The van der Waals surface area contributed by atoms with Gasteiger partial charge in [0.2, 0.25) is 5.91 Å². The van der Waals surface area contributed by atoms with Crippen LogP contribution < -0.4 is 15.5 Å². The van der Waals surface area contributed by atoms with Crippen molar-refractivity contribution in [2.75, 3.05) is 22.1 Å². The quantitative estimate of drug-likeness (QED) is 0.893. The van der Waals surface area contributed by atoms with Crippen LogP contribution in [0, 0.1) is 6.92 Å². The summed E-state index contributed by atoms with van der Waals surface area (Å²) in [6.07, 6.45) is 1.91. The zero-order chi connectivity index (χ0) is 16.7. The highest BCUT2D eigenvalue weighted by molar-refractivity contribution is 6.08. The minimum Gasteiger partial charge on any atom is -0.358 e. The summed E-state index contributed by atoms with van der Waals surface area (Å²) in [5.74, 6) is -0.155. The Morgan fingerprint density at radius 1 is 1.25 bits per heavy atom. The van der Waals surface area contributed by atoms with Crippen LogP contribution >= 0.6 is 0 Å². The molecule has 5 heteroatoms. The summed E-state index contributed by atoms with van der Waals surface area (Å²) in [4.78, 5) is 26.8. The molecule has 0 radical (unpaired) electrons. The van der Waals surface area contributed by atoms with Crippen molar-refractivity contribution in [3.8, 4) is 0 Å². The van der Waals surface area contributed by atoms with E-state index in [9.17, 15) is 9.59 Å². The molecule has 1 fully saturated rings. The molecule has 2 aliphatic heterocycles. The highest BCUT2D eigenvalue weighted by Crippen LogP contribution is 2.37. The molecule has 1 saturated heterocycles. The number of carbonyl (C=O) groups is 2. The molecular formula is C19H19N3O2. The third-order valence-electron chi connectivity index (χ3n) is 4.66. The minimum absolute atomic E-state index is 0.0243. The van der Waals surface area contributed by atoms with Gasteiger partial charge >= 0.3 is 0 Å². The third kappa shape index (κ3) is 2.52. The number of fused-ring (bicyclic) bond motifs is 3. The molecule has 2 aliphatic rings. The Bertz CT molecular complexity index is 831. The molecule has 1 atom stereocenters. The average molecular weight is 321 g/mol. The molecule has 5 nitrogen and oxygen atoms in total. The average Bonchev–Trinajstić information content (AvgIpc) is 3.05. The second-order valence-electron chi connectivity index (χ2n) is 6.40. The van der Waals surface area contributed by atoms with Crippen LogP contribution in [0.25, 0.3) is 0 Å². The first-order chi connectivity index (χ1) is 11.6. The molecule has 0 aromatic heterocycles. The fourth-order valence-corrected chi connectivity index (χ4v) is 3.50. The Hall–Kier alpha value is -2.82. The summed E-state index contributed by atoms with van der Waals surface area (Å²) in [6, 6.07) is 13.1.